The van der Waals surface area contributed by atoms with Gasteiger partial charge in [-0.3, -0.25) is 4.98 Å². The van der Waals surface area contributed by atoms with Crippen molar-refractivity contribution in [3.05, 3.63) is 41.6 Å². The largest absolute Gasteiger partial charge is 0.393 e. The van der Waals surface area contributed by atoms with Crippen molar-refractivity contribution in [1.82, 2.24) is 4.98 Å². The number of nitrogens with two attached hydrogens (primary N) is 1. The van der Waals surface area contributed by atoms with E-state index in [1.165, 1.54) is 5.56 Å². The zero-order valence-corrected chi connectivity index (χ0v) is 10.9. The molecule has 2 unspecified atom stereocenters. The lowest BCUT2D eigenvalue weighted by atomic mass is 9.90. The first-order valence-electron chi connectivity index (χ1n) is 6.36. The van der Waals surface area contributed by atoms with Crippen molar-refractivity contribution in [2.45, 2.75) is 32.3 Å². The molecule has 96 valence electrons. The number of hydrogen-bond acceptors (Lipinski definition) is 3. The molecule has 0 amide bonds. The Hall–Kier alpha value is -1.45. The predicted molar refractivity (Wildman–Crippen MR) is 74.6 cm³/mol. The Morgan fingerprint density at radius 1 is 1.33 bits per heavy atom. The number of benzene rings is 1. The van der Waals surface area contributed by atoms with E-state index in [4.69, 9.17) is 5.73 Å². The van der Waals surface area contributed by atoms with Gasteiger partial charge in [0.15, 0.2) is 0 Å². The maximum atomic E-state index is 9.59. The van der Waals surface area contributed by atoms with Crippen molar-refractivity contribution < 1.29 is 5.11 Å². The Morgan fingerprint density at radius 2 is 2.06 bits per heavy atom. The van der Waals surface area contributed by atoms with Crippen molar-refractivity contribution in [1.29, 1.82) is 0 Å². The fraction of sp³-hybridized carbons (Fsp3) is 0.400. The number of hydrogen-bond donors (Lipinski definition) is 2. The van der Waals surface area contributed by atoms with Gasteiger partial charge in [-0.05, 0) is 50.4 Å². The molecule has 2 atom stereocenters. The van der Waals surface area contributed by atoms with E-state index in [0.29, 0.717) is 13.0 Å². The van der Waals surface area contributed by atoms with Crippen LogP contribution in [0.1, 0.15) is 30.5 Å². The summed E-state index contributed by atoms with van der Waals surface area (Å²) in [6.45, 7) is 4.34. The summed E-state index contributed by atoms with van der Waals surface area (Å²) in [6, 6.07) is 10.2. The second-order valence-electron chi connectivity index (χ2n) is 4.89. The second kappa shape index (κ2) is 5.46. The molecule has 0 saturated carbocycles. The minimum Gasteiger partial charge on any atom is -0.393 e. The molecule has 18 heavy (non-hydrogen) atoms. The number of nitrogens with zero attached hydrogens (tertiary/aromatic N) is 1. The van der Waals surface area contributed by atoms with Crippen LogP contribution in [0.15, 0.2) is 30.3 Å². The number of aliphatic hydroxyl groups is 1. The van der Waals surface area contributed by atoms with E-state index in [0.717, 1.165) is 16.6 Å². The molecule has 1 aromatic carbocycles. The molecule has 3 heteroatoms. The Kier molecular flexibility index (Phi) is 3.94. The van der Waals surface area contributed by atoms with Crippen LogP contribution >= 0.6 is 0 Å². The van der Waals surface area contributed by atoms with Gasteiger partial charge >= 0.3 is 0 Å². The van der Waals surface area contributed by atoms with Gasteiger partial charge in [-0.2, -0.15) is 0 Å². The fourth-order valence-corrected chi connectivity index (χ4v) is 2.44. The van der Waals surface area contributed by atoms with Gasteiger partial charge in [0.2, 0.25) is 0 Å². The molecule has 0 aliphatic heterocycles. The summed E-state index contributed by atoms with van der Waals surface area (Å²) in [5.74, 6) is 0.177. The zero-order chi connectivity index (χ0) is 13.1. The van der Waals surface area contributed by atoms with E-state index in [1.807, 2.05) is 25.1 Å². The van der Waals surface area contributed by atoms with Gasteiger partial charge in [-0.1, -0.05) is 18.2 Å². The average molecular weight is 244 g/mol. The van der Waals surface area contributed by atoms with Gasteiger partial charge in [0.05, 0.1) is 11.6 Å². The topological polar surface area (TPSA) is 59.1 Å². The zero-order valence-electron chi connectivity index (χ0n) is 10.9. The molecule has 3 nitrogen and oxygen atoms in total. The molecular weight excluding hydrogens is 224 g/mol. The van der Waals surface area contributed by atoms with Crippen LogP contribution in [0.2, 0.25) is 0 Å². The molecule has 0 aliphatic carbocycles. The molecule has 0 spiro atoms. The molecule has 3 N–H and O–H groups in total. The first-order chi connectivity index (χ1) is 8.61. The van der Waals surface area contributed by atoms with Gasteiger partial charge in [0.25, 0.3) is 0 Å². The van der Waals surface area contributed by atoms with Crippen molar-refractivity contribution in [2.24, 2.45) is 5.73 Å². The third-order valence-electron chi connectivity index (χ3n) is 3.23. The summed E-state index contributed by atoms with van der Waals surface area (Å²) in [5, 5.41) is 10.7. The van der Waals surface area contributed by atoms with E-state index in [2.05, 4.69) is 17.1 Å². The first-order valence-corrected chi connectivity index (χ1v) is 6.36. The number of pyridine rings is 1. The molecule has 0 bridgehead atoms. The summed E-state index contributed by atoms with van der Waals surface area (Å²) in [6.07, 6.45) is 0.343. The maximum Gasteiger partial charge on any atom is 0.0708 e. The monoisotopic (exact) mass is 244 g/mol. The van der Waals surface area contributed by atoms with Crippen LogP contribution in [0.5, 0.6) is 0 Å². The molecule has 2 rings (SSSR count). The Morgan fingerprint density at radius 3 is 2.72 bits per heavy atom. The first kappa shape index (κ1) is 13.0. The third kappa shape index (κ3) is 2.68. The number of aliphatic hydroxyl groups excluding tert-OH is 1. The van der Waals surface area contributed by atoms with E-state index in [1.54, 1.807) is 6.92 Å². The van der Waals surface area contributed by atoms with Crippen LogP contribution in [-0.2, 0) is 0 Å². The maximum absolute atomic E-state index is 9.59. The highest BCUT2D eigenvalue weighted by Crippen LogP contribution is 2.28. The summed E-state index contributed by atoms with van der Waals surface area (Å²) in [7, 11) is 0. The van der Waals surface area contributed by atoms with E-state index >= 15 is 0 Å². The van der Waals surface area contributed by atoms with Crippen LogP contribution in [-0.4, -0.2) is 22.7 Å². The standard InChI is InChI=1S/C15H20N2O/c1-10-7-14(12(9-16)8-11(2)18)13-5-3-4-6-15(13)17-10/h3-7,11-12,18H,8-9,16H2,1-2H3. The van der Waals surface area contributed by atoms with Crippen molar-refractivity contribution >= 4 is 10.9 Å². The van der Waals surface area contributed by atoms with Crippen LogP contribution < -0.4 is 5.73 Å². The summed E-state index contributed by atoms with van der Waals surface area (Å²) < 4.78 is 0. The van der Waals surface area contributed by atoms with Crippen molar-refractivity contribution in [2.75, 3.05) is 6.54 Å². The highest BCUT2D eigenvalue weighted by Gasteiger charge is 2.16. The number of aromatic nitrogens is 1. The third-order valence-corrected chi connectivity index (χ3v) is 3.23. The van der Waals surface area contributed by atoms with Crippen LogP contribution in [0.3, 0.4) is 0 Å². The normalized spacial score (nSPS) is 14.7. The van der Waals surface area contributed by atoms with E-state index in [9.17, 15) is 5.11 Å². The SMILES string of the molecule is Cc1cc(C(CN)CC(C)O)c2ccccc2n1. The van der Waals surface area contributed by atoms with Gasteiger partial charge in [0, 0.05) is 11.1 Å². The van der Waals surface area contributed by atoms with Crippen LogP contribution in [0, 0.1) is 6.92 Å². The van der Waals surface area contributed by atoms with Crippen molar-refractivity contribution in [3.8, 4) is 0 Å². The molecule has 0 radical (unpaired) electrons. The lowest BCUT2D eigenvalue weighted by molar-refractivity contribution is 0.175. The summed E-state index contributed by atoms with van der Waals surface area (Å²) >= 11 is 0. The van der Waals surface area contributed by atoms with Gasteiger partial charge in [-0.25, -0.2) is 0 Å². The Labute approximate surface area is 108 Å². The minimum atomic E-state index is -0.342. The molecule has 2 aromatic rings. The average Bonchev–Trinajstić information content (AvgIpc) is 2.34. The number of rotatable bonds is 4. The van der Waals surface area contributed by atoms with E-state index in [-0.39, 0.29) is 12.0 Å². The smallest absolute Gasteiger partial charge is 0.0708 e. The van der Waals surface area contributed by atoms with Crippen LogP contribution in [0.25, 0.3) is 10.9 Å². The van der Waals surface area contributed by atoms with Gasteiger partial charge in [-0.15, -0.1) is 0 Å². The highest BCUT2D eigenvalue weighted by molar-refractivity contribution is 5.82. The second-order valence-corrected chi connectivity index (χ2v) is 4.89. The molecule has 0 saturated heterocycles. The molecule has 1 heterocycles. The molecule has 0 fully saturated rings. The molecular formula is C15H20N2O. The summed E-state index contributed by atoms with van der Waals surface area (Å²) in [4.78, 5) is 4.53. The predicted octanol–water partition coefficient (Wildman–Crippen LogP) is 2.36. The number of aryl methyl sites for hydroxylation is 1. The van der Waals surface area contributed by atoms with Crippen LogP contribution in [0.4, 0.5) is 0 Å². The van der Waals surface area contributed by atoms with Gasteiger partial charge < -0.3 is 10.8 Å². The number of para-hydroxylation sites is 1. The highest BCUT2D eigenvalue weighted by atomic mass is 16.3. The molecule has 0 aliphatic rings. The Balaban J connectivity index is 2.54. The van der Waals surface area contributed by atoms with Crippen molar-refractivity contribution in [3.63, 3.8) is 0 Å². The lowest BCUT2D eigenvalue weighted by Gasteiger charge is -2.19. The summed E-state index contributed by atoms with van der Waals surface area (Å²) in [5.41, 5.74) is 9.05. The Bertz CT molecular complexity index is 537. The molecule has 1 aromatic heterocycles. The van der Waals surface area contributed by atoms with E-state index < -0.39 is 0 Å². The quantitative estimate of drug-likeness (QED) is 0.868. The number of fused-ring (bicyclic) bond motifs is 1. The fourth-order valence-electron chi connectivity index (χ4n) is 2.44. The minimum absolute atomic E-state index is 0.177. The van der Waals surface area contributed by atoms with Gasteiger partial charge in [0.1, 0.15) is 0 Å². The lowest BCUT2D eigenvalue weighted by Crippen LogP contribution is -2.18.